The quantitative estimate of drug-likeness (QED) is 0.537. The van der Waals surface area contributed by atoms with Crippen molar-refractivity contribution in [3.05, 3.63) is 64.2 Å². The summed E-state index contributed by atoms with van der Waals surface area (Å²) in [4.78, 5) is 33.7. The molecule has 2 heterocycles. The van der Waals surface area contributed by atoms with Gasteiger partial charge in [0.25, 0.3) is 0 Å². The van der Waals surface area contributed by atoms with Crippen molar-refractivity contribution in [3.8, 4) is 0 Å². The molecule has 2 aromatic rings. The first kappa shape index (κ1) is 25.4. The Hall–Kier alpha value is -2.74. The van der Waals surface area contributed by atoms with Crippen LogP contribution in [0.3, 0.4) is 0 Å². The zero-order valence-corrected chi connectivity index (χ0v) is 20.4. The van der Waals surface area contributed by atoms with Gasteiger partial charge < -0.3 is 4.90 Å². The fraction of sp³-hybridized carbons (Fsp3) is 0.519. The number of carbonyl (C=O) groups is 2. The van der Waals surface area contributed by atoms with E-state index in [1.54, 1.807) is 23.2 Å². The minimum Gasteiger partial charge on any atom is -0.337 e. The molecule has 0 bridgehead atoms. The first-order valence-electron chi connectivity index (χ1n) is 12.2. The van der Waals surface area contributed by atoms with E-state index in [4.69, 9.17) is 0 Å². The van der Waals surface area contributed by atoms with E-state index in [2.05, 4.69) is 9.88 Å². The number of halogens is 3. The number of aryl methyl sites for hydroxylation is 1. The molecule has 8 heteroatoms. The number of alkyl halides is 2. The number of aromatic nitrogens is 1. The highest BCUT2D eigenvalue weighted by Crippen LogP contribution is 2.39. The van der Waals surface area contributed by atoms with Gasteiger partial charge in [0.15, 0.2) is 5.78 Å². The number of Topliss-reactive ketones (excluding diaryl/α,β-unsaturated/α-hetero) is 1. The van der Waals surface area contributed by atoms with Crippen molar-refractivity contribution in [1.29, 1.82) is 0 Å². The number of ketones is 1. The largest absolute Gasteiger partial charge is 0.337 e. The topological polar surface area (TPSA) is 53.5 Å². The van der Waals surface area contributed by atoms with E-state index in [1.807, 2.05) is 20.8 Å². The molecular weight excluding hydrogens is 455 g/mol. The van der Waals surface area contributed by atoms with Crippen LogP contribution in [-0.2, 0) is 17.8 Å². The lowest BCUT2D eigenvalue weighted by atomic mass is 9.74. The summed E-state index contributed by atoms with van der Waals surface area (Å²) in [6.07, 6.45) is -0.164. The highest BCUT2D eigenvalue weighted by molar-refractivity contribution is 5.97. The van der Waals surface area contributed by atoms with Gasteiger partial charge in [-0.3, -0.25) is 19.5 Å². The Morgan fingerprint density at radius 3 is 2.46 bits per heavy atom. The molecule has 1 aliphatic carbocycles. The second-order valence-corrected chi connectivity index (χ2v) is 10.0. The second kappa shape index (κ2) is 10.5. The van der Waals surface area contributed by atoms with Gasteiger partial charge in [-0.15, -0.1) is 0 Å². The molecule has 1 aromatic heterocycles. The van der Waals surface area contributed by atoms with Crippen molar-refractivity contribution >= 4 is 11.7 Å². The summed E-state index contributed by atoms with van der Waals surface area (Å²) < 4.78 is 40.0. The minimum absolute atomic E-state index is 0.0256. The average Bonchev–Trinajstić information content (AvgIpc) is 2.76. The summed E-state index contributed by atoms with van der Waals surface area (Å²) in [7, 11) is 0. The maximum Gasteiger partial charge on any atom is 0.241 e. The van der Waals surface area contributed by atoms with Crippen molar-refractivity contribution < 1.29 is 22.8 Å². The maximum absolute atomic E-state index is 14.5. The van der Waals surface area contributed by atoms with Gasteiger partial charge in [-0.25, -0.2) is 13.2 Å². The summed E-state index contributed by atoms with van der Waals surface area (Å²) in [5, 5.41) is 0. The molecule has 1 saturated carbocycles. The van der Waals surface area contributed by atoms with Gasteiger partial charge in [0, 0.05) is 67.9 Å². The summed E-state index contributed by atoms with van der Waals surface area (Å²) in [6.45, 7) is 8.01. The van der Waals surface area contributed by atoms with E-state index in [9.17, 15) is 22.8 Å². The third kappa shape index (κ3) is 5.74. The van der Waals surface area contributed by atoms with E-state index in [0.29, 0.717) is 37.3 Å². The molecule has 2 aliphatic rings. The van der Waals surface area contributed by atoms with Crippen LogP contribution in [0.25, 0.3) is 0 Å². The Morgan fingerprint density at radius 1 is 1.11 bits per heavy atom. The number of hydrogen-bond donors (Lipinski definition) is 0. The highest BCUT2D eigenvalue weighted by Gasteiger charge is 2.42. The smallest absolute Gasteiger partial charge is 0.241 e. The van der Waals surface area contributed by atoms with Crippen molar-refractivity contribution in [2.24, 2.45) is 11.8 Å². The number of amides is 1. The number of rotatable bonds is 7. The van der Waals surface area contributed by atoms with Gasteiger partial charge in [-0.05, 0) is 74.6 Å². The maximum atomic E-state index is 14.5. The number of carbonyl (C=O) groups excluding carboxylic acids is 2. The molecule has 1 atom stereocenters. The molecule has 4 rings (SSSR count). The molecule has 0 radical (unpaired) electrons. The van der Waals surface area contributed by atoms with Crippen LogP contribution in [0.1, 0.15) is 52.5 Å². The monoisotopic (exact) mass is 487 g/mol. The number of benzene rings is 1. The first-order valence-corrected chi connectivity index (χ1v) is 12.2. The first-order chi connectivity index (χ1) is 16.6. The van der Waals surface area contributed by atoms with Crippen LogP contribution < -0.4 is 0 Å². The zero-order chi connectivity index (χ0) is 25.3. The molecule has 0 spiro atoms. The Bertz CT molecular complexity index is 1080. The average molecular weight is 488 g/mol. The van der Waals surface area contributed by atoms with Crippen LogP contribution in [0.2, 0.25) is 0 Å². The Morgan fingerprint density at radius 2 is 1.83 bits per heavy atom. The zero-order valence-electron chi connectivity index (χ0n) is 20.4. The van der Waals surface area contributed by atoms with Crippen molar-refractivity contribution in [2.75, 3.05) is 19.6 Å². The van der Waals surface area contributed by atoms with Gasteiger partial charge in [-0.2, -0.15) is 0 Å². The van der Waals surface area contributed by atoms with Crippen LogP contribution in [-0.4, -0.2) is 58.6 Å². The molecule has 5 nitrogen and oxygen atoms in total. The van der Waals surface area contributed by atoms with E-state index >= 15 is 0 Å². The van der Waals surface area contributed by atoms with E-state index in [-0.39, 0.29) is 48.7 Å². The summed E-state index contributed by atoms with van der Waals surface area (Å²) in [6, 6.07) is 6.40. The molecule has 188 valence electrons. The second-order valence-electron chi connectivity index (χ2n) is 10.0. The lowest BCUT2D eigenvalue weighted by Gasteiger charge is -2.44. The predicted octanol–water partition coefficient (Wildman–Crippen LogP) is 4.59. The molecule has 0 N–H and O–H groups in total. The molecule has 0 unspecified atom stereocenters. The van der Waals surface area contributed by atoms with Crippen LogP contribution in [0.4, 0.5) is 13.2 Å². The number of hydrogen-bond acceptors (Lipinski definition) is 4. The fourth-order valence-electron chi connectivity index (χ4n) is 5.10. The Labute approximate surface area is 204 Å². The lowest BCUT2D eigenvalue weighted by molar-refractivity contribution is -0.147. The number of pyridine rings is 1. The summed E-state index contributed by atoms with van der Waals surface area (Å²) in [5.74, 6) is -1.46. The van der Waals surface area contributed by atoms with Crippen molar-refractivity contribution in [2.45, 2.75) is 59.0 Å². The summed E-state index contributed by atoms with van der Waals surface area (Å²) in [5.41, 5.74) is 3.69. The van der Waals surface area contributed by atoms with Crippen LogP contribution >= 0.6 is 0 Å². The number of nitrogens with zero attached hydrogens (tertiary/aromatic N) is 3. The summed E-state index contributed by atoms with van der Waals surface area (Å²) >= 11 is 0. The lowest BCUT2D eigenvalue weighted by Crippen LogP contribution is -2.56. The van der Waals surface area contributed by atoms with Gasteiger partial charge in [0.2, 0.25) is 12.3 Å². The standard InChI is InChI=1S/C27H32F3N3O2/c1-16-4-5-19(13-31-16)25(34)12-20-10-24(28)11-23(18(20)3)15-32-6-7-33(17(2)14-32)27(35)22-8-21(9-22)26(29)30/h4-5,10-11,13,17,21-22,26H,6-9,12,14-15H2,1-3H3/t17-,21?,22?/m0/s1. The minimum atomic E-state index is -2.35. The molecule has 1 saturated heterocycles. The van der Waals surface area contributed by atoms with Gasteiger partial charge >= 0.3 is 0 Å². The predicted molar refractivity (Wildman–Crippen MR) is 127 cm³/mol. The normalized spacial score (nSPS) is 22.8. The molecule has 1 amide bonds. The molecular formula is C27H32F3N3O2. The third-order valence-electron chi connectivity index (χ3n) is 7.44. The number of piperazine rings is 1. The Balaban J connectivity index is 1.38. The molecule has 35 heavy (non-hydrogen) atoms. The highest BCUT2D eigenvalue weighted by atomic mass is 19.3. The van der Waals surface area contributed by atoms with Gasteiger partial charge in [-0.1, -0.05) is 0 Å². The van der Waals surface area contributed by atoms with Gasteiger partial charge in [0.1, 0.15) is 5.82 Å². The third-order valence-corrected chi connectivity index (χ3v) is 7.44. The Kier molecular flexibility index (Phi) is 7.59. The van der Waals surface area contributed by atoms with Crippen LogP contribution in [0, 0.1) is 31.5 Å². The molecule has 1 aliphatic heterocycles. The molecule has 2 fully saturated rings. The SMILES string of the molecule is Cc1ccc(C(=O)Cc2cc(F)cc(CN3CCN(C(=O)C4CC(C(F)F)C4)[C@@H](C)C3)c2C)cn1. The van der Waals surface area contributed by atoms with Crippen molar-refractivity contribution in [1.82, 2.24) is 14.8 Å². The van der Waals surface area contributed by atoms with E-state index in [0.717, 1.165) is 16.8 Å². The van der Waals surface area contributed by atoms with E-state index in [1.165, 1.54) is 12.1 Å². The molecule has 1 aromatic carbocycles. The van der Waals surface area contributed by atoms with Gasteiger partial charge in [0.05, 0.1) is 0 Å². The fourth-order valence-corrected chi connectivity index (χ4v) is 5.10. The van der Waals surface area contributed by atoms with Crippen LogP contribution in [0.15, 0.2) is 30.5 Å². The van der Waals surface area contributed by atoms with Crippen LogP contribution in [0.5, 0.6) is 0 Å². The van der Waals surface area contributed by atoms with Crippen molar-refractivity contribution in [3.63, 3.8) is 0 Å². The van der Waals surface area contributed by atoms with E-state index < -0.39 is 12.3 Å².